The highest BCUT2D eigenvalue weighted by Gasteiger charge is 2.16. The van der Waals surface area contributed by atoms with Gasteiger partial charge in [0.2, 0.25) is 0 Å². The van der Waals surface area contributed by atoms with Crippen LogP contribution in [0.25, 0.3) is 0 Å². The van der Waals surface area contributed by atoms with Crippen LogP contribution in [0.5, 0.6) is 0 Å². The Hall–Kier alpha value is -1.39. The molecule has 19 heavy (non-hydrogen) atoms. The van der Waals surface area contributed by atoms with Gasteiger partial charge in [-0.3, -0.25) is 4.79 Å². The number of aromatic nitrogens is 1. The second-order valence-electron chi connectivity index (χ2n) is 4.35. The van der Waals surface area contributed by atoms with Gasteiger partial charge in [-0.2, -0.15) is 0 Å². The lowest BCUT2D eigenvalue weighted by atomic mass is 10.2. The SMILES string of the molecule is Cc1cc(CNC(=O)c2cc(Cl)c(Cl)n2C)c(C)o1. The first-order valence-corrected chi connectivity index (χ1v) is 6.50. The van der Waals surface area contributed by atoms with Crippen LogP contribution in [0, 0.1) is 13.8 Å². The molecule has 6 heteroatoms. The summed E-state index contributed by atoms with van der Waals surface area (Å²) in [6, 6.07) is 3.45. The van der Waals surface area contributed by atoms with Gasteiger partial charge in [0, 0.05) is 19.2 Å². The number of carbonyl (C=O) groups excluding carboxylic acids is 1. The second kappa shape index (κ2) is 5.31. The van der Waals surface area contributed by atoms with Crippen molar-refractivity contribution in [2.45, 2.75) is 20.4 Å². The van der Waals surface area contributed by atoms with Crippen LogP contribution in [-0.2, 0) is 13.6 Å². The zero-order chi connectivity index (χ0) is 14.2. The Kier molecular flexibility index (Phi) is 3.92. The highest BCUT2D eigenvalue weighted by Crippen LogP contribution is 2.25. The van der Waals surface area contributed by atoms with Gasteiger partial charge in [-0.15, -0.1) is 0 Å². The van der Waals surface area contributed by atoms with Gasteiger partial charge in [0.1, 0.15) is 22.4 Å². The first-order chi connectivity index (χ1) is 8.90. The van der Waals surface area contributed by atoms with Crippen molar-refractivity contribution in [2.75, 3.05) is 0 Å². The molecular formula is C13H14Cl2N2O2. The molecule has 0 aliphatic carbocycles. The second-order valence-corrected chi connectivity index (χ2v) is 5.11. The lowest BCUT2D eigenvalue weighted by Gasteiger charge is -2.05. The molecule has 0 aliphatic rings. The van der Waals surface area contributed by atoms with Crippen molar-refractivity contribution in [3.05, 3.63) is 45.1 Å². The van der Waals surface area contributed by atoms with Gasteiger partial charge >= 0.3 is 0 Å². The van der Waals surface area contributed by atoms with E-state index in [4.69, 9.17) is 27.6 Å². The summed E-state index contributed by atoms with van der Waals surface area (Å²) in [7, 11) is 1.69. The summed E-state index contributed by atoms with van der Waals surface area (Å²) in [4.78, 5) is 12.0. The number of nitrogens with one attached hydrogen (secondary N) is 1. The van der Waals surface area contributed by atoms with Crippen LogP contribution in [0.3, 0.4) is 0 Å². The number of rotatable bonds is 3. The van der Waals surface area contributed by atoms with E-state index in [-0.39, 0.29) is 5.91 Å². The number of hydrogen-bond acceptors (Lipinski definition) is 2. The summed E-state index contributed by atoms with van der Waals surface area (Å²) in [6.07, 6.45) is 0. The number of halogens is 2. The Morgan fingerprint density at radius 2 is 2.05 bits per heavy atom. The van der Waals surface area contributed by atoms with Crippen LogP contribution >= 0.6 is 23.2 Å². The molecule has 0 atom stereocenters. The molecule has 102 valence electrons. The van der Waals surface area contributed by atoms with E-state index in [2.05, 4.69) is 5.32 Å². The molecule has 0 aromatic carbocycles. The smallest absolute Gasteiger partial charge is 0.268 e. The third-order valence-corrected chi connectivity index (χ3v) is 3.77. The maximum atomic E-state index is 12.0. The number of furan rings is 1. The predicted octanol–water partition coefficient (Wildman–Crippen LogP) is 3.47. The monoisotopic (exact) mass is 300 g/mol. The molecule has 0 fully saturated rings. The van der Waals surface area contributed by atoms with Crippen molar-refractivity contribution in [1.29, 1.82) is 0 Å². The fourth-order valence-corrected chi connectivity index (χ4v) is 2.26. The standard InChI is InChI=1S/C13H14Cl2N2O2/c1-7-4-9(8(2)19-7)6-16-13(18)11-5-10(14)12(15)17(11)3/h4-5H,6H2,1-3H3,(H,16,18). The van der Waals surface area contributed by atoms with Crippen LogP contribution in [-0.4, -0.2) is 10.5 Å². The Morgan fingerprint density at radius 1 is 1.37 bits per heavy atom. The number of aryl methyl sites for hydroxylation is 2. The summed E-state index contributed by atoms with van der Waals surface area (Å²) in [6.45, 7) is 4.14. The number of amides is 1. The molecule has 0 spiro atoms. The number of nitrogens with zero attached hydrogens (tertiary/aromatic N) is 1. The van der Waals surface area contributed by atoms with Gasteiger partial charge in [0.25, 0.3) is 5.91 Å². The summed E-state index contributed by atoms with van der Waals surface area (Å²) in [5, 5.41) is 3.53. The minimum absolute atomic E-state index is 0.227. The Balaban J connectivity index is 2.09. The summed E-state index contributed by atoms with van der Waals surface area (Å²) in [5.41, 5.74) is 1.38. The molecule has 2 aromatic rings. The van der Waals surface area contributed by atoms with Crippen molar-refractivity contribution in [1.82, 2.24) is 9.88 Å². The van der Waals surface area contributed by atoms with Crippen LogP contribution in [0.15, 0.2) is 16.5 Å². The minimum atomic E-state index is -0.227. The van der Waals surface area contributed by atoms with Gasteiger partial charge in [0.05, 0.1) is 5.02 Å². The normalized spacial score (nSPS) is 10.8. The molecule has 2 rings (SSSR count). The van der Waals surface area contributed by atoms with Crippen molar-refractivity contribution < 1.29 is 9.21 Å². The van der Waals surface area contributed by atoms with E-state index in [9.17, 15) is 4.79 Å². The Bertz CT molecular complexity index is 629. The summed E-state index contributed by atoms with van der Waals surface area (Å²) in [5.74, 6) is 1.40. The molecule has 0 bridgehead atoms. The van der Waals surface area contributed by atoms with Crippen molar-refractivity contribution in [3.8, 4) is 0 Å². The largest absolute Gasteiger partial charge is 0.466 e. The third kappa shape index (κ3) is 2.80. The van der Waals surface area contributed by atoms with E-state index in [1.807, 2.05) is 19.9 Å². The van der Waals surface area contributed by atoms with E-state index >= 15 is 0 Å². The highest BCUT2D eigenvalue weighted by atomic mass is 35.5. The fourth-order valence-electron chi connectivity index (χ4n) is 1.89. The lowest BCUT2D eigenvalue weighted by Crippen LogP contribution is -2.24. The first-order valence-electron chi connectivity index (χ1n) is 5.75. The van der Waals surface area contributed by atoms with E-state index < -0.39 is 0 Å². The third-order valence-electron chi connectivity index (χ3n) is 2.93. The average Bonchev–Trinajstić information content (AvgIpc) is 2.80. The zero-order valence-corrected chi connectivity index (χ0v) is 12.4. The van der Waals surface area contributed by atoms with Crippen LogP contribution in [0.2, 0.25) is 10.2 Å². The number of hydrogen-bond donors (Lipinski definition) is 1. The van der Waals surface area contributed by atoms with Crippen molar-refractivity contribution in [2.24, 2.45) is 7.05 Å². The molecule has 0 unspecified atom stereocenters. The Labute approximate surface area is 121 Å². The van der Waals surface area contributed by atoms with Gasteiger partial charge in [-0.25, -0.2) is 0 Å². The maximum Gasteiger partial charge on any atom is 0.268 e. The molecule has 2 heterocycles. The summed E-state index contributed by atoms with van der Waals surface area (Å²) < 4.78 is 6.95. The predicted molar refractivity (Wildman–Crippen MR) is 74.8 cm³/mol. The van der Waals surface area contributed by atoms with Crippen LogP contribution in [0.4, 0.5) is 0 Å². The molecule has 4 nitrogen and oxygen atoms in total. The number of carbonyl (C=O) groups is 1. The van der Waals surface area contributed by atoms with Gasteiger partial charge in [-0.1, -0.05) is 23.2 Å². The van der Waals surface area contributed by atoms with Crippen molar-refractivity contribution >= 4 is 29.1 Å². The Morgan fingerprint density at radius 3 is 2.53 bits per heavy atom. The molecular weight excluding hydrogens is 287 g/mol. The van der Waals surface area contributed by atoms with Crippen LogP contribution < -0.4 is 5.32 Å². The maximum absolute atomic E-state index is 12.0. The topological polar surface area (TPSA) is 47.2 Å². The molecule has 0 saturated carbocycles. The molecule has 1 N–H and O–H groups in total. The van der Waals surface area contributed by atoms with Crippen molar-refractivity contribution in [3.63, 3.8) is 0 Å². The minimum Gasteiger partial charge on any atom is -0.466 e. The molecule has 2 aromatic heterocycles. The van der Waals surface area contributed by atoms with Crippen LogP contribution in [0.1, 0.15) is 27.6 Å². The van der Waals surface area contributed by atoms with Gasteiger partial charge in [0.15, 0.2) is 0 Å². The fraction of sp³-hybridized carbons (Fsp3) is 0.308. The first kappa shape index (κ1) is 14.0. The van der Waals surface area contributed by atoms with E-state index in [1.54, 1.807) is 17.7 Å². The van der Waals surface area contributed by atoms with E-state index in [1.165, 1.54) is 0 Å². The molecule has 0 saturated heterocycles. The summed E-state index contributed by atoms with van der Waals surface area (Å²) >= 11 is 11.8. The van der Waals surface area contributed by atoms with Gasteiger partial charge < -0.3 is 14.3 Å². The zero-order valence-electron chi connectivity index (χ0n) is 10.9. The van der Waals surface area contributed by atoms with E-state index in [0.717, 1.165) is 17.1 Å². The highest BCUT2D eigenvalue weighted by molar-refractivity contribution is 6.41. The van der Waals surface area contributed by atoms with Gasteiger partial charge in [-0.05, 0) is 26.0 Å². The quantitative estimate of drug-likeness (QED) is 0.943. The average molecular weight is 301 g/mol. The molecule has 1 amide bonds. The molecule has 0 radical (unpaired) electrons. The molecule has 0 aliphatic heterocycles. The van der Waals surface area contributed by atoms with E-state index in [0.29, 0.717) is 22.4 Å². The lowest BCUT2D eigenvalue weighted by molar-refractivity contribution is 0.0942.